The number of aliphatic hydroxyl groups is 1. The first-order valence-electron chi connectivity index (χ1n) is 8.53. The maximum absolute atomic E-state index is 11.9. The highest BCUT2D eigenvalue weighted by Crippen LogP contribution is 2.27. The molecule has 2 rings (SSSR count). The summed E-state index contributed by atoms with van der Waals surface area (Å²) in [4.78, 5) is 18.7. The second kappa shape index (κ2) is 9.11. The minimum absolute atomic E-state index is 0.00959. The van der Waals surface area contributed by atoms with Gasteiger partial charge in [-0.2, -0.15) is 0 Å². The van der Waals surface area contributed by atoms with Crippen LogP contribution in [0.3, 0.4) is 0 Å². The van der Waals surface area contributed by atoms with E-state index in [1.165, 1.54) is 5.56 Å². The molecule has 0 radical (unpaired) electrons. The smallest absolute Gasteiger partial charge is 0.183 e. The van der Waals surface area contributed by atoms with Crippen LogP contribution in [0.25, 0.3) is 0 Å². The lowest BCUT2D eigenvalue weighted by Crippen LogP contribution is -2.35. The van der Waals surface area contributed by atoms with E-state index in [2.05, 4.69) is 16.0 Å². The summed E-state index contributed by atoms with van der Waals surface area (Å²) in [6.45, 7) is 8.02. The number of ether oxygens (including phenoxy) is 1. The van der Waals surface area contributed by atoms with Gasteiger partial charge in [-0.3, -0.25) is 9.78 Å². The van der Waals surface area contributed by atoms with Gasteiger partial charge in [-0.05, 0) is 43.5 Å². The van der Waals surface area contributed by atoms with Crippen LogP contribution >= 0.6 is 0 Å². The third kappa shape index (κ3) is 5.37. The number of likely N-dealkylation sites (tertiary alicyclic amines) is 1. The number of hydrogen-bond acceptors (Lipinski definition) is 5. The fourth-order valence-electron chi connectivity index (χ4n) is 2.94. The molecule has 0 bridgehead atoms. The molecule has 1 aliphatic rings. The van der Waals surface area contributed by atoms with E-state index in [1.54, 1.807) is 0 Å². The lowest BCUT2D eigenvalue weighted by atomic mass is 9.90. The number of nitrogens with zero attached hydrogens (tertiary/aromatic N) is 2. The Labute approximate surface area is 138 Å². The average Bonchev–Trinajstić information content (AvgIpc) is 2.59. The van der Waals surface area contributed by atoms with Crippen LogP contribution in [0.1, 0.15) is 48.7 Å². The first-order chi connectivity index (χ1) is 11.1. The molecule has 0 spiro atoms. The van der Waals surface area contributed by atoms with Crippen LogP contribution in [-0.4, -0.2) is 60.2 Å². The van der Waals surface area contributed by atoms with E-state index in [0.29, 0.717) is 24.8 Å². The van der Waals surface area contributed by atoms with Crippen molar-refractivity contribution in [2.75, 3.05) is 39.5 Å². The zero-order chi connectivity index (χ0) is 16.7. The van der Waals surface area contributed by atoms with Crippen LogP contribution in [0.5, 0.6) is 0 Å². The number of pyridine rings is 1. The van der Waals surface area contributed by atoms with Gasteiger partial charge in [0, 0.05) is 18.7 Å². The van der Waals surface area contributed by atoms with Crippen LogP contribution in [-0.2, 0) is 4.74 Å². The molecular formula is C18H28N2O3. The second-order valence-corrected chi connectivity index (χ2v) is 6.45. The Bertz CT molecular complexity index is 480. The average molecular weight is 320 g/mol. The lowest BCUT2D eigenvalue weighted by molar-refractivity contribution is 0.0679. The fourth-order valence-corrected chi connectivity index (χ4v) is 2.94. The molecule has 1 aromatic heterocycles. The number of carbonyl (C=O) groups excluding carboxylic acids is 1. The Kier molecular flexibility index (Phi) is 7.15. The van der Waals surface area contributed by atoms with Gasteiger partial charge in [0.15, 0.2) is 5.78 Å². The highest BCUT2D eigenvalue weighted by molar-refractivity contribution is 5.95. The molecule has 0 amide bonds. The minimum atomic E-state index is -0.00959. The van der Waals surface area contributed by atoms with Gasteiger partial charge in [-0.1, -0.05) is 19.9 Å². The monoisotopic (exact) mass is 320 g/mol. The van der Waals surface area contributed by atoms with Crippen LogP contribution in [0.4, 0.5) is 0 Å². The zero-order valence-electron chi connectivity index (χ0n) is 14.2. The Hall–Kier alpha value is -1.30. The molecule has 23 heavy (non-hydrogen) atoms. The van der Waals surface area contributed by atoms with Crippen molar-refractivity contribution in [3.8, 4) is 0 Å². The van der Waals surface area contributed by atoms with Gasteiger partial charge in [-0.25, -0.2) is 0 Å². The summed E-state index contributed by atoms with van der Waals surface area (Å²) in [6, 6.07) is 3.93. The van der Waals surface area contributed by atoms with Crippen LogP contribution in [0.2, 0.25) is 0 Å². The van der Waals surface area contributed by atoms with Gasteiger partial charge in [0.05, 0.1) is 19.8 Å². The number of ketones is 1. The Morgan fingerprint density at radius 2 is 2.09 bits per heavy atom. The van der Waals surface area contributed by atoms with Gasteiger partial charge in [0.2, 0.25) is 0 Å². The van der Waals surface area contributed by atoms with Crippen molar-refractivity contribution < 1.29 is 14.6 Å². The molecule has 0 aromatic carbocycles. The van der Waals surface area contributed by atoms with E-state index in [-0.39, 0.29) is 18.3 Å². The number of rotatable bonds is 8. The normalized spacial score (nSPS) is 16.9. The molecule has 5 heteroatoms. The van der Waals surface area contributed by atoms with Crippen molar-refractivity contribution >= 4 is 5.78 Å². The lowest BCUT2D eigenvalue weighted by Gasteiger charge is -2.31. The molecule has 1 saturated heterocycles. The van der Waals surface area contributed by atoms with Crippen molar-refractivity contribution in [3.63, 3.8) is 0 Å². The molecule has 2 heterocycles. The summed E-state index contributed by atoms with van der Waals surface area (Å²) in [7, 11) is 0. The first kappa shape index (κ1) is 18.0. The van der Waals surface area contributed by atoms with Gasteiger partial charge in [0.1, 0.15) is 5.69 Å². The van der Waals surface area contributed by atoms with E-state index in [0.717, 1.165) is 32.5 Å². The third-order valence-corrected chi connectivity index (χ3v) is 4.41. The molecule has 1 aliphatic heterocycles. The molecule has 0 unspecified atom stereocenters. The van der Waals surface area contributed by atoms with Crippen molar-refractivity contribution in [3.05, 3.63) is 29.6 Å². The Morgan fingerprint density at radius 1 is 1.35 bits per heavy atom. The number of piperidine rings is 1. The number of hydrogen-bond donors (Lipinski definition) is 1. The maximum Gasteiger partial charge on any atom is 0.183 e. The topological polar surface area (TPSA) is 62.7 Å². The van der Waals surface area contributed by atoms with Crippen molar-refractivity contribution in [1.82, 2.24) is 9.88 Å². The summed E-state index contributed by atoms with van der Waals surface area (Å²) in [6.07, 6.45) is 4.10. The molecule has 5 nitrogen and oxygen atoms in total. The molecule has 1 fully saturated rings. The van der Waals surface area contributed by atoms with E-state index >= 15 is 0 Å². The quantitative estimate of drug-likeness (QED) is 0.587. The van der Waals surface area contributed by atoms with E-state index in [9.17, 15) is 4.79 Å². The number of Topliss-reactive ketones (excluding diaryl/α,β-unsaturated/α-hetero) is 1. The van der Waals surface area contributed by atoms with Crippen LogP contribution < -0.4 is 0 Å². The van der Waals surface area contributed by atoms with Crippen molar-refractivity contribution in [1.29, 1.82) is 0 Å². The van der Waals surface area contributed by atoms with Gasteiger partial charge in [0.25, 0.3) is 0 Å². The number of carbonyl (C=O) groups is 1. The highest BCUT2D eigenvalue weighted by Gasteiger charge is 2.21. The zero-order valence-corrected chi connectivity index (χ0v) is 14.2. The fraction of sp³-hybridized carbons (Fsp3) is 0.667. The summed E-state index contributed by atoms with van der Waals surface area (Å²) in [5.41, 5.74) is 1.81. The van der Waals surface area contributed by atoms with E-state index < -0.39 is 0 Å². The van der Waals surface area contributed by atoms with Gasteiger partial charge in [-0.15, -0.1) is 0 Å². The van der Waals surface area contributed by atoms with E-state index in [4.69, 9.17) is 9.84 Å². The predicted molar refractivity (Wildman–Crippen MR) is 89.7 cm³/mol. The largest absolute Gasteiger partial charge is 0.394 e. The van der Waals surface area contributed by atoms with Crippen LogP contribution in [0, 0.1) is 5.92 Å². The standard InChI is InChI=1S/C18H28N2O3/c1-14(2)18(22)17-4-3-16(13-19-17)15-5-7-20(8-6-15)9-11-23-12-10-21/h3-4,13-15,21H,5-12H2,1-2H3. The summed E-state index contributed by atoms with van der Waals surface area (Å²) in [5, 5.41) is 8.68. The van der Waals surface area contributed by atoms with Crippen molar-refractivity contribution in [2.45, 2.75) is 32.6 Å². The SMILES string of the molecule is CC(C)C(=O)c1ccc(C2CCN(CCOCCO)CC2)cn1. The van der Waals surface area contributed by atoms with E-state index in [1.807, 2.05) is 26.1 Å². The number of aromatic nitrogens is 1. The third-order valence-electron chi connectivity index (χ3n) is 4.41. The summed E-state index contributed by atoms with van der Waals surface area (Å²) >= 11 is 0. The van der Waals surface area contributed by atoms with Gasteiger partial charge >= 0.3 is 0 Å². The first-order valence-corrected chi connectivity index (χ1v) is 8.53. The second-order valence-electron chi connectivity index (χ2n) is 6.45. The highest BCUT2D eigenvalue weighted by atomic mass is 16.5. The molecular weight excluding hydrogens is 292 g/mol. The number of aliphatic hydroxyl groups excluding tert-OH is 1. The Balaban J connectivity index is 1.80. The molecule has 0 aliphatic carbocycles. The molecule has 1 N–H and O–H groups in total. The maximum atomic E-state index is 11.9. The summed E-state index contributed by atoms with van der Waals surface area (Å²) in [5.74, 6) is 0.624. The van der Waals surface area contributed by atoms with Crippen molar-refractivity contribution in [2.24, 2.45) is 5.92 Å². The predicted octanol–water partition coefficient (Wildman–Crippen LogP) is 2.11. The van der Waals surface area contributed by atoms with Crippen LogP contribution in [0.15, 0.2) is 18.3 Å². The van der Waals surface area contributed by atoms with Gasteiger partial charge < -0.3 is 14.7 Å². The molecule has 0 atom stereocenters. The molecule has 1 aromatic rings. The Morgan fingerprint density at radius 3 is 2.65 bits per heavy atom. The summed E-state index contributed by atoms with van der Waals surface area (Å²) < 4.78 is 5.32. The molecule has 0 saturated carbocycles. The minimum Gasteiger partial charge on any atom is -0.394 e. The molecule has 128 valence electrons.